The van der Waals surface area contributed by atoms with Gasteiger partial charge in [0.25, 0.3) is 0 Å². The Morgan fingerprint density at radius 3 is 2.77 bits per heavy atom. The van der Waals surface area contributed by atoms with Gasteiger partial charge in [0, 0.05) is 47.7 Å². The summed E-state index contributed by atoms with van der Waals surface area (Å²) in [7, 11) is 2.17. The van der Waals surface area contributed by atoms with Crippen molar-refractivity contribution in [3.63, 3.8) is 0 Å². The molecule has 2 aliphatic heterocycles. The van der Waals surface area contributed by atoms with E-state index in [9.17, 15) is 5.26 Å². The number of nitriles is 1. The molecule has 7 nitrogen and oxygen atoms in total. The van der Waals surface area contributed by atoms with Crippen molar-refractivity contribution in [3.05, 3.63) is 58.2 Å². The van der Waals surface area contributed by atoms with Crippen LogP contribution in [0.1, 0.15) is 48.9 Å². The van der Waals surface area contributed by atoms with Gasteiger partial charge in [-0.3, -0.25) is 0 Å². The van der Waals surface area contributed by atoms with Crippen LogP contribution in [0.5, 0.6) is 6.01 Å². The van der Waals surface area contributed by atoms with E-state index in [1.54, 1.807) is 0 Å². The van der Waals surface area contributed by atoms with Gasteiger partial charge < -0.3 is 19.9 Å². The van der Waals surface area contributed by atoms with Crippen molar-refractivity contribution in [2.75, 3.05) is 44.7 Å². The number of rotatable bonds is 7. The molecule has 0 amide bonds. The van der Waals surface area contributed by atoms with Gasteiger partial charge in [-0.2, -0.15) is 15.2 Å². The maximum absolute atomic E-state index is 9.31. The van der Waals surface area contributed by atoms with Crippen molar-refractivity contribution >= 4 is 28.2 Å². The minimum atomic E-state index is 0.149. The van der Waals surface area contributed by atoms with E-state index in [2.05, 4.69) is 52.5 Å². The van der Waals surface area contributed by atoms with E-state index in [1.807, 2.05) is 12.1 Å². The Hall–Kier alpha value is -2.92. The molecule has 3 heterocycles. The van der Waals surface area contributed by atoms with E-state index < -0.39 is 0 Å². The molecule has 8 heteroatoms. The Morgan fingerprint density at radius 1 is 1.10 bits per heavy atom. The molecule has 3 aliphatic rings. The van der Waals surface area contributed by atoms with Crippen molar-refractivity contribution in [1.82, 2.24) is 20.2 Å². The normalized spacial score (nSPS) is 23.5. The van der Waals surface area contributed by atoms with Crippen LogP contribution < -0.4 is 15.0 Å². The zero-order chi connectivity index (χ0) is 27.5. The van der Waals surface area contributed by atoms with Crippen LogP contribution >= 0.6 is 11.6 Å². The van der Waals surface area contributed by atoms with Crippen molar-refractivity contribution in [3.8, 4) is 12.1 Å². The van der Waals surface area contributed by atoms with Gasteiger partial charge in [-0.1, -0.05) is 41.9 Å². The van der Waals surface area contributed by atoms with Gasteiger partial charge in [0.2, 0.25) is 0 Å². The molecule has 0 bridgehead atoms. The van der Waals surface area contributed by atoms with Crippen molar-refractivity contribution in [1.29, 1.82) is 5.26 Å². The fraction of sp³-hybridized carbons (Fsp3) is 0.531. The molecule has 1 N–H and O–H groups in total. The summed E-state index contributed by atoms with van der Waals surface area (Å²) in [6, 6.07) is 16.1. The number of nitrogens with zero attached hydrogens (tertiary/aromatic N) is 5. The molecular formula is C32H39ClN6O. The highest BCUT2D eigenvalue weighted by atomic mass is 35.5. The smallest absolute Gasteiger partial charge is 0.318 e. The van der Waals surface area contributed by atoms with Crippen molar-refractivity contribution in [2.45, 2.75) is 63.5 Å². The number of halogens is 1. The number of aromatic nitrogens is 2. The predicted molar refractivity (Wildman–Crippen MR) is 160 cm³/mol. The summed E-state index contributed by atoms with van der Waals surface area (Å²) in [6.45, 7) is 4.24. The Labute approximate surface area is 242 Å². The zero-order valence-corrected chi connectivity index (χ0v) is 24.2. The quantitative estimate of drug-likeness (QED) is 0.400. The summed E-state index contributed by atoms with van der Waals surface area (Å²) in [5.74, 6) is 1.55. The number of ether oxygens (including phenoxy) is 1. The number of piperazine rings is 1. The van der Waals surface area contributed by atoms with Gasteiger partial charge in [-0.05, 0) is 81.5 Å². The first-order valence-corrected chi connectivity index (χ1v) is 15.2. The third-order valence-corrected chi connectivity index (χ3v) is 9.38. The molecule has 1 aliphatic carbocycles. The average molecular weight is 559 g/mol. The maximum Gasteiger partial charge on any atom is 0.318 e. The first-order chi connectivity index (χ1) is 19.6. The monoisotopic (exact) mass is 558 g/mol. The lowest BCUT2D eigenvalue weighted by molar-refractivity contribution is 0.187. The topological polar surface area (TPSA) is 77.3 Å². The van der Waals surface area contributed by atoms with Crippen LogP contribution in [0, 0.1) is 17.2 Å². The summed E-state index contributed by atoms with van der Waals surface area (Å²) in [6.07, 6.45) is 7.91. The van der Waals surface area contributed by atoms with Gasteiger partial charge in [0.15, 0.2) is 0 Å². The molecule has 2 aromatic carbocycles. The van der Waals surface area contributed by atoms with E-state index in [1.165, 1.54) is 28.3 Å². The van der Waals surface area contributed by atoms with Crippen LogP contribution in [0.4, 0.5) is 5.82 Å². The molecule has 6 rings (SSSR count). The summed E-state index contributed by atoms with van der Waals surface area (Å²) >= 11 is 6.66. The minimum Gasteiger partial charge on any atom is -0.462 e. The average Bonchev–Trinajstić information content (AvgIpc) is 3.27. The van der Waals surface area contributed by atoms with E-state index >= 15 is 0 Å². The van der Waals surface area contributed by atoms with Crippen LogP contribution in [-0.2, 0) is 19.3 Å². The van der Waals surface area contributed by atoms with Gasteiger partial charge in [-0.25, -0.2) is 0 Å². The predicted octanol–water partition coefficient (Wildman–Crippen LogP) is 5.19. The molecule has 2 fully saturated rings. The number of hydrogen-bond donors (Lipinski definition) is 1. The van der Waals surface area contributed by atoms with E-state index in [-0.39, 0.29) is 6.04 Å². The van der Waals surface area contributed by atoms with Crippen LogP contribution in [-0.4, -0.2) is 66.8 Å². The van der Waals surface area contributed by atoms with Gasteiger partial charge in [0.1, 0.15) is 12.4 Å². The Kier molecular flexibility index (Phi) is 8.38. The Morgan fingerprint density at radius 2 is 1.95 bits per heavy atom. The third kappa shape index (κ3) is 5.90. The van der Waals surface area contributed by atoms with Crippen LogP contribution in [0.3, 0.4) is 0 Å². The maximum atomic E-state index is 9.31. The second kappa shape index (κ2) is 12.3. The number of likely N-dealkylation sites (tertiary alicyclic amines) is 1. The fourth-order valence-electron chi connectivity index (χ4n) is 6.80. The lowest BCUT2D eigenvalue weighted by atomic mass is 9.89. The SMILES string of the molecule is CN1CCCC1COc1nc2c(c(N3CCN[C@@H](CC#N)C3)n1)CCC(Cc1cccc3cccc(Cl)c13)CC2. The number of nitrogens with one attached hydrogen (secondary N) is 1. The highest BCUT2D eigenvalue weighted by Gasteiger charge is 2.29. The number of hydrogen-bond acceptors (Lipinski definition) is 7. The number of likely N-dealkylation sites (N-methyl/N-ethyl adjacent to an activating group) is 1. The minimum absolute atomic E-state index is 0.149. The molecule has 3 aromatic rings. The first kappa shape index (κ1) is 27.3. The molecular weight excluding hydrogens is 520 g/mol. The second-order valence-electron chi connectivity index (χ2n) is 11.7. The summed E-state index contributed by atoms with van der Waals surface area (Å²) < 4.78 is 6.28. The highest BCUT2D eigenvalue weighted by molar-refractivity contribution is 6.35. The molecule has 2 saturated heterocycles. The molecule has 3 atom stereocenters. The van der Waals surface area contributed by atoms with Crippen molar-refractivity contribution < 1.29 is 4.74 Å². The molecule has 0 spiro atoms. The van der Waals surface area contributed by atoms with Crippen LogP contribution in [0.15, 0.2) is 36.4 Å². The van der Waals surface area contributed by atoms with E-state index in [4.69, 9.17) is 26.3 Å². The molecule has 2 unspecified atom stereocenters. The molecule has 0 saturated carbocycles. The molecule has 210 valence electrons. The van der Waals surface area contributed by atoms with Crippen molar-refractivity contribution in [2.24, 2.45) is 5.92 Å². The Bertz CT molecular complexity index is 1380. The summed E-state index contributed by atoms with van der Waals surface area (Å²) in [5.41, 5.74) is 3.73. The summed E-state index contributed by atoms with van der Waals surface area (Å²) in [4.78, 5) is 14.8. The number of fused-ring (bicyclic) bond motifs is 2. The van der Waals surface area contributed by atoms with Gasteiger partial charge in [-0.15, -0.1) is 0 Å². The lowest BCUT2D eigenvalue weighted by Crippen LogP contribution is -2.51. The Balaban J connectivity index is 1.25. The zero-order valence-electron chi connectivity index (χ0n) is 23.4. The fourth-order valence-corrected chi connectivity index (χ4v) is 7.10. The van der Waals surface area contributed by atoms with Crippen LogP contribution in [0.2, 0.25) is 5.02 Å². The highest BCUT2D eigenvalue weighted by Crippen LogP contribution is 2.35. The van der Waals surface area contributed by atoms with Gasteiger partial charge >= 0.3 is 6.01 Å². The molecule has 40 heavy (non-hydrogen) atoms. The standard InChI is InChI=1S/C32H39ClN6O/c1-38-17-4-8-26(38)21-40-32-36-29-13-11-22(19-24-7-2-5-23-6-3-9-28(33)30(23)24)10-12-27(29)31(37-32)39-18-16-35-25(20-39)14-15-34/h2-3,5-7,9,22,25-26,35H,4,8,10-14,16-21H2,1H3/t22?,25-,26?/m0/s1. The first-order valence-electron chi connectivity index (χ1n) is 14.8. The third-order valence-electron chi connectivity index (χ3n) is 9.06. The largest absolute Gasteiger partial charge is 0.462 e. The van der Waals surface area contributed by atoms with Gasteiger partial charge in [0.05, 0.1) is 18.2 Å². The number of benzene rings is 2. The number of anilines is 1. The van der Waals surface area contributed by atoms with Crippen LogP contribution in [0.25, 0.3) is 10.8 Å². The number of aryl methyl sites for hydroxylation is 1. The summed E-state index contributed by atoms with van der Waals surface area (Å²) in [5, 5.41) is 16.0. The van der Waals surface area contributed by atoms with E-state index in [0.717, 1.165) is 81.2 Å². The van der Waals surface area contributed by atoms with E-state index in [0.29, 0.717) is 31.0 Å². The second-order valence-corrected chi connectivity index (χ2v) is 12.1. The molecule has 1 aromatic heterocycles. The molecule has 0 radical (unpaired) electrons. The lowest BCUT2D eigenvalue weighted by Gasteiger charge is -2.35.